The summed E-state index contributed by atoms with van der Waals surface area (Å²) in [4.78, 5) is 0.0674. The van der Waals surface area contributed by atoms with Crippen molar-refractivity contribution in [1.82, 2.24) is 0 Å². The van der Waals surface area contributed by atoms with Crippen LogP contribution in [0.5, 0.6) is 5.75 Å². The van der Waals surface area contributed by atoms with E-state index in [0.717, 1.165) is 0 Å². The van der Waals surface area contributed by atoms with Crippen LogP contribution in [0.25, 0.3) is 0 Å². The highest BCUT2D eigenvalue weighted by atomic mass is 79.9. The van der Waals surface area contributed by atoms with Crippen LogP contribution in [-0.4, -0.2) is 4.99 Å². The number of nitrogens with two attached hydrogens (primary N) is 1. The third-order valence-corrected chi connectivity index (χ3v) is 3.33. The van der Waals surface area contributed by atoms with Gasteiger partial charge in [-0.25, -0.2) is 8.78 Å². The highest BCUT2D eigenvalue weighted by molar-refractivity contribution is 9.10. The Kier molecular flexibility index (Phi) is 4.67. The van der Waals surface area contributed by atoms with Crippen molar-refractivity contribution in [3.8, 4) is 5.75 Å². The summed E-state index contributed by atoms with van der Waals surface area (Å²) < 4.78 is 32.8. The first-order valence-electron chi connectivity index (χ1n) is 5.63. The van der Waals surface area contributed by atoms with Gasteiger partial charge in [-0.1, -0.05) is 34.2 Å². The predicted octanol–water partition coefficient (Wildman–Crippen LogP) is 3.94. The molecule has 2 nitrogen and oxygen atoms in total. The number of halogens is 3. The predicted molar refractivity (Wildman–Crippen MR) is 80.7 cm³/mol. The summed E-state index contributed by atoms with van der Waals surface area (Å²) in [5, 5.41) is 0. The molecule has 2 rings (SSSR count). The Morgan fingerprint density at radius 1 is 1.20 bits per heavy atom. The minimum absolute atomic E-state index is 0.0420. The van der Waals surface area contributed by atoms with Gasteiger partial charge in [-0.3, -0.25) is 0 Å². The zero-order valence-electron chi connectivity index (χ0n) is 10.2. The SMILES string of the molecule is NC(=S)c1cc(F)ccc1COc1cc(Br)ccc1F. The van der Waals surface area contributed by atoms with E-state index in [1.54, 1.807) is 6.07 Å². The molecule has 0 aliphatic carbocycles. The molecule has 0 saturated carbocycles. The fourth-order valence-corrected chi connectivity index (χ4v) is 2.18. The Hall–Kier alpha value is -1.53. The monoisotopic (exact) mass is 357 g/mol. The molecule has 0 aromatic heterocycles. The molecule has 0 spiro atoms. The quantitative estimate of drug-likeness (QED) is 0.841. The lowest BCUT2D eigenvalue weighted by atomic mass is 10.1. The summed E-state index contributed by atoms with van der Waals surface area (Å²) in [6.07, 6.45) is 0. The molecule has 0 radical (unpaired) electrons. The second-order valence-corrected chi connectivity index (χ2v) is 5.38. The maximum absolute atomic E-state index is 13.5. The van der Waals surface area contributed by atoms with Crippen LogP contribution in [-0.2, 0) is 6.61 Å². The topological polar surface area (TPSA) is 35.2 Å². The van der Waals surface area contributed by atoms with Crippen molar-refractivity contribution in [2.24, 2.45) is 5.73 Å². The van der Waals surface area contributed by atoms with E-state index in [1.807, 2.05) is 0 Å². The zero-order chi connectivity index (χ0) is 14.7. The molecular formula is C14H10BrF2NOS. The number of hydrogen-bond donors (Lipinski definition) is 1. The molecule has 2 aromatic carbocycles. The third kappa shape index (κ3) is 3.52. The van der Waals surface area contributed by atoms with Gasteiger partial charge < -0.3 is 10.5 Å². The van der Waals surface area contributed by atoms with Gasteiger partial charge in [0, 0.05) is 10.0 Å². The van der Waals surface area contributed by atoms with Crippen LogP contribution in [0.2, 0.25) is 0 Å². The normalized spacial score (nSPS) is 10.3. The van der Waals surface area contributed by atoms with Gasteiger partial charge in [0.15, 0.2) is 11.6 Å². The Bertz CT molecular complexity index is 664. The fraction of sp³-hybridized carbons (Fsp3) is 0.0714. The summed E-state index contributed by atoms with van der Waals surface area (Å²) >= 11 is 8.09. The van der Waals surface area contributed by atoms with E-state index in [4.69, 9.17) is 22.7 Å². The van der Waals surface area contributed by atoms with E-state index < -0.39 is 11.6 Å². The molecule has 0 saturated heterocycles. The van der Waals surface area contributed by atoms with Gasteiger partial charge >= 0.3 is 0 Å². The highest BCUT2D eigenvalue weighted by Crippen LogP contribution is 2.24. The van der Waals surface area contributed by atoms with Crippen LogP contribution in [0.4, 0.5) is 8.78 Å². The van der Waals surface area contributed by atoms with Crippen molar-refractivity contribution >= 4 is 33.1 Å². The van der Waals surface area contributed by atoms with Crippen LogP contribution in [0, 0.1) is 11.6 Å². The molecule has 104 valence electrons. The smallest absolute Gasteiger partial charge is 0.165 e. The summed E-state index contributed by atoms with van der Waals surface area (Å²) in [7, 11) is 0. The van der Waals surface area contributed by atoms with E-state index in [9.17, 15) is 8.78 Å². The van der Waals surface area contributed by atoms with Crippen molar-refractivity contribution in [1.29, 1.82) is 0 Å². The maximum atomic E-state index is 13.5. The molecule has 0 bridgehead atoms. The number of rotatable bonds is 4. The zero-order valence-corrected chi connectivity index (χ0v) is 12.6. The van der Waals surface area contributed by atoms with Crippen LogP contribution in [0.1, 0.15) is 11.1 Å². The van der Waals surface area contributed by atoms with Crippen LogP contribution >= 0.6 is 28.1 Å². The average Bonchev–Trinajstić information content (AvgIpc) is 2.40. The van der Waals surface area contributed by atoms with Crippen LogP contribution < -0.4 is 10.5 Å². The van der Waals surface area contributed by atoms with Crippen molar-refractivity contribution in [3.05, 3.63) is 63.6 Å². The van der Waals surface area contributed by atoms with E-state index >= 15 is 0 Å². The van der Waals surface area contributed by atoms with Gasteiger partial charge in [-0.15, -0.1) is 0 Å². The molecular weight excluding hydrogens is 348 g/mol. The molecule has 0 unspecified atom stereocenters. The Balaban J connectivity index is 2.23. The van der Waals surface area contributed by atoms with Gasteiger partial charge in [0.1, 0.15) is 17.4 Å². The molecule has 0 heterocycles. The lowest BCUT2D eigenvalue weighted by Gasteiger charge is -2.11. The van der Waals surface area contributed by atoms with Gasteiger partial charge in [0.2, 0.25) is 0 Å². The van der Waals surface area contributed by atoms with Crippen molar-refractivity contribution in [2.45, 2.75) is 6.61 Å². The minimum Gasteiger partial charge on any atom is -0.486 e. The molecule has 0 amide bonds. The first kappa shape index (κ1) is 14.9. The largest absolute Gasteiger partial charge is 0.486 e. The average molecular weight is 358 g/mol. The van der Waals surface area contributed by atoms with E-state index in [-0.39, 0.29) is 17.3 Å². The second kappa shape index (κ2) is 6.28. The molecule has 2 aromatic rings. The Labute approximate surface area is 128 Å². The number of thiocarbonyl (C=S) groups is 1. The molecule has 0 atom stereocenters. The number of ether oxygens (including phenoxy) is 1. The standard InChI is InChI=1S/C14H10BrF2NOS/c15-9-2-4-12(17)13(5-9)19-7-8-1-3-10(16)6-11(8)14(18)20/h1-6H,7H2,(H2,18,20). The van der Waals surface area contributed by atoms with Crippen molar-refractivity contribution in [3.63, 3.8) is 0 Å². The lowest BCUT2D eigenvalue weighted by molar-refractivity contribution is 0.290. The molecule has 0 aliphatic rings. The highest BCUT2D eigenvalue weighted by Gasteiger charge is 2.10. The first-order chi connectivity index (χ1) is 9.47. The fourth-order valence-electron chi connectivity index (χ4n) is 1.65. The first-order valence-corrected chi connectivity index (χ1v) is 6.83. The van der Waals surface area contributed by atoms with E-state index in [2.05, 4.69) is 15.9 Å². The second-order valence-electron chi connectivity index (χ2n) is 4.03. The minimum atomic E-state index is -0.479. The summed E-state index contributed by atoms with van der Waals surface area (Å²) in [5.41, 5.74) is 6.51. The van der Waals surface area contributed by atoms with Gasteiger partial charge in [0.25, 0.3) is 0 Å². The molecule has 20 heavy (non-hydrogen) atoms. The van der Waals surface area contributed by atoms with Crippen molar-refractivity contribution < 1.29 is 13.5 Å². The van der Waals surface area contributed by atoms with E-state index in [1.165, 1.54) is 30.3 Å². The summed E-state index contributed by atoms with van der Waals surface area (Å²) in [5.74, 6) is -0.824. The Morgan fingerprint density at radius 3 is 2.65 bits per heavy atom. The van der Waals surface area contributed by atoms with Gasteiger partial charge in [0.05, 0.1) is 0 Å². The summed E-state index contributed by atoms with van der Waals surface area (Å²) in [6.45, 7) is 0.0420. The van der Waals surface area contributed by atoms with E-state index in [0.29, 0.717) is 15.6 Å². The lowest BCUT2D eigenvalue weighted by Crippen LogP contribution is -2.14. The molecule has 2 N–H and O–H groups in total. The summed E-state index contributed by atoms with van der Waals surface area (Å²) in [6, 6.07) is 8.40. The Morgan fingerprint density at radius 2 is 1.95 bits per heavy atom. The maximum Gasteiger partial charge on any atom is 0.165 e. The van der Waals surface area contributed by atoms with Crippen LogP contribution in [0.15, 0.2) is 40.9 Å². The molecule has 0 aliphatic heterocycles. The molecule has 0 fully saturated rings. The molecule has 6 heteroatoms. The van der Waals surface area contributed by atoms with Crippen molar-refractivity contribution in [2.75, 3.05) is 0 Å². The number of hydrogen-bond acceptors (Lipinski definition) is 2. The van der Waals surface area contributed by atoms with Gasteiger partial charge in [-0.2, -0.15) is 0 Å². The van der Waals surface area contributed by atoms with Gasteiger partial charge in [-0.05, 0) is 35.9 Å². The van der Waals surface area contributed by atoms with Crippen LogP contribution in [0.3, 0.4) is 0 Å². The number of benzene rings is 2. The third-order valence-electron chi connectivity index (χ3n) is 2.61.